The minimum Gasteiger partial charge on any atom is -0.281 e. The van der Waals surface area contributed by atoms with Gasteiger partial charge in [0.2, 0.25) is 0 Å². The molecule has 0 aromatic carbocycles. The monoisotopic (exact) mass is 126 g/mol. The second-order valence-corrected chi connectivity index (χ2v) is 3.01. The molecule has 1 radical (unpaired) electrons. The summed E-state index contributed by atoms with van der Waals surface area (Å²) in [5.74, 6) is 0.777. The lowest BCUT2D eigenvalue weighted by Crippen LogP contribution is -2.25. The van der Waals surface area contributed by atoms with E-state index in [-0.39, 0.29) is 0 Å². The molecular formula is C7H12NO. The van der Waals surface area contributed by atoms with Gasteiger partial charge in [0.1, 0.15) is 0 Å². The van der Waals surface area contributed by atoms with Gasteiger partial charge in [-0.25, -0.2) is 0 Å². The highest BCUT2D eigenvalue weighted by Crippen LogP contribution is 2.28. The topological polar surface area (TPSA) is 23.3 Å². The third kappa shape index (κ3) is 0.970. The van der Waals surface area contributed by atoms with Crippen LogP contribution in [0.3, 0.4) is 0 Å². The van der Waals surface area contributed by atoms with Gasteiger partial charge in [-0.3, -0.25) is 4.84 Å². The maximum absolute atomic E-state index is 5.02. The quantitative estimate of drug-likeness (QED) is 0.476. The van der Waals surface area contributed by atoms with Crippen molar-refractivity contribution in [2.24, 2.45) is 5.92 Å². The molecule has 0 spiro atoms. The van der Waals surface area contributed by atoms with Crippen LogP contribution in [0, 0.1) is 5.92 Å². The molecule has 0 aromatic rings. The van der Waals surface area contributed by atoms with E-state index in [1.165, 1.54) is 25.7 Å². The first-order valence-electron chi connectivity index (χ1n) is 3.79. The Morgan fingerprint density at radius 2 is 2.11 bits per heavy atom. The van der Waals surface area contributed by atoms with Crippen molar-refractivity contribution in [3.05, 3.63) is 0 Å². The molecule has 2 heteroatoms. The fourth-order valence-electron chi connectivity index (χ4n) is 1.76. The number of hydroxylamine groups is 1. The Bertz CT molecular complexity index is 93.1. The van der Waals surface area contributed by atoms with E-state index >= 15 is 0 Å². The van der Waals surface area contributed by atoms with Gasteiger partial charge in [0.05, 0.1) is 12.6 Å². The summed E-state index contributed by atoms with van der Waals surface area (Å²) in [6.45, 7) is 0.894. The van der Waals surface area contributed by atoms with Crippen molar-refractivity contribution in [1.82, 2.24) is 5.48 Å². The summed E-state index contributed by atoms with van der Waals surface area (Å²) in [4.78, 5) is 5.02. The minimum absolute atomic E-state index is 0.568. The fraction of sp³-hybridized carbons (Fsp3) is 1.00. The zero-order chi connectivity index (χ0) is 6.10. The Balaban J connectivity index is 1.97. The van der Waals surface area contributed by atoms with E-state index in [1.54, 1.807) is 0 Å². The highest BCUT2D eigenvalue weighted by atomic mass is 16.7. The van der Waals surface area contributed by atoms with Crippen molar-refractivity contribution in [1.29, 1.82) is 0 Å². The standard InChI is InChI=1S/C7H12NO/c1-2-4-7-6(3-1)5-9-8-7/h6-7H,1-5H2. The molecule has 1 saturated carbocycles. The first-order valence-corrected chi connectivity index (χ1v) is 3.79. The second kappa shape index (κ2) is 2.27. The maximum Gasteiger partial charge on any atom is 0.0747 e. The average Bonchev–Trinajstić information content (AvgIpc) is 2.33. The van der Waals surface area contributed by atoms with Crippen LogP contribution in [0.15, 0.2) is 0 Å². The summed E-state index contributed by atoms with van der Waals surface area (Å²) in [6.07, 6.45) is 5.35. The molecule has 2 nitrogen and oxygen atoms in total. The van der Waals surface area contributed by atoms with Crippen molar-refractivity contribution in [2.45, 2.75) is 31.7 Å². The van der Waals surface area contributed by atoms with Gasteiger partial charge < -0.3 is 0 Å². The Morgan fingerprint density at radius 3 is 3.00 bits per heavy atom. The number of hydrogen-bond donors (Lipinski definition) is 0. The van der Waals surface area contributed by atoms with Crippen molar-refractivity contribution >= 4 is 0 Å². The van der Waals surface area contributed by atoms with Gasteiger partial charge >= 0.3 is 0 Å². The lowest BCUT2D eigenvalue weighted by molar-refractivity contribution is 0.0772. The Hall–Kier alpha value is -0.0800. The van der Waals surface area contributed by atoms with Gasteiger partial charge in [-0.1, -0.05) is 18.3 Å². The third-order valence-corrected chi connectivity index (χ3v) is 2.37. The van der Waals surface area contributed by atoms with E-state index in [4.69, 9.17) is 4.84 Å². The lowest BCUT2D eigenvalue weighted by Gasteiger charge is -2.20. The predicted molar refractivity (Wildman–Crippen MR) is 33.8 cm³/mol. The molecule has 2 rings (SSSR count). The molecule has 0 aromatic heterocycles. The second-order valence-electron chi connectivity index (χ2n) is 3.01. The van der Waals surface area contributed by atoms with Crippen molar-refractivity contribution < 1.29 is 4.84 Å². The van der Waals surface area contributed by atoms with Crippen LogP contribution in [-0.2, 0) is 4.84 Å². The van der Waals surface area contributed by atoms with E-state index in [0.717, 1.165) is 12.5 Å². The van der Waals surface area contributed by atoms with Crippen LogP contribution >= 0.6 is 0 Å². The van der Waals surface area contributed by atoms with Crippen molar-refractivity contribution in [3.8, 4) is 0 Å². The maximum atomic E-state index is 5.02. The first-order chi connectivity index (χ1) is 4.47. The molecule has 1 saturated heterocycles. The molecule has 1 aliphatic heterocycles. The Kier molecular flexibility index (Phi) is 1.44. The van der Waals surface area contributed by atoms with E-state index in [9.17, 15) is 0 Å². The van der Waals surface area contributed by atoms with Crippen molar-refractivity contribution in [3.63, 3.8) is 0 Å². The largest absolute Gasteiger partial charge is 0.281 e. The van der Waals surface area contributed by atoms with E-state index in [1.807, 2.05) is 0 Å². The zero-order valence-electron chi connectivity index (χ0n) is 5.55. The van der Waals surface area contributed by atoms with Crippen LogP contribution in [-0.4, -0.2) is 12.6 Å². The van der Waals surface area contributed by atoms with Gasteiger partial charge in [0, 0.05) is 5.92 Å². The highest BCUT2D eigenvalue weighted by molar-refractivity contribution is 4.81. The predicted octanol–water partition coefficient (Wildman–Crippen LogP) is 1.09. The fourth-order valence-corrected chi connectivity index (χ4v) is 1.76. The Morgan fingerprint density at radius 1 is 1.22 bits per heavy atom. The lowest BCUT2D eigenvalue weighted by atomic mass is 9.86. The van der Waals surface area contributed by atoms with Crippen LogP contribution in [0.1, 0.15) is 25.7 Å². The number of nitrogens with zero attached hydrogens (tertiary/aromatic N) is 1. The van der Waals surface area contributed by atoms with Crippen LogP contribution < -0.4 is 5.48 Å². The zero-order valence-corrected chi connectivity index (χ0v) is 5.55. The van der Waals surface area contributed by atoms with E-state index in [2.05, 4.69) is 5.48 Å². The van der Waals surface area contributed by atoms with Gasteiger partial charge in [-0.2, -0.15) is 0 Å². The van der Waals surface area contributed by atoms with E-state index in [0.29, 0.717) is 6.04 Å². The SMILES string of the molecule is C1CCC2[N]OCC2C1. The molecule has 1 aliphatic carbocycles. The summed E-state index contributed by atoms with van der Waals surface area (Å²) in [6, 6.07) is 0.568. The molecule has 9 heavy (non-hydrogen) atoms. The average molecular weight is 126 g/mol. The number of rotatable bonds is 0. The first kappa shape index (κ1) is 5.69. The smallest absolute Gasteiger partial charge is 0.0747 e. The minimum atomic E-state index is 0.568. The molecule has 1 heterocycles. The molecule has 2 unspecified atom stereocenters. The van der Waals surface area contributed by atoms with Gasteiger partial charge in [0.15, 0.2) is 0 Å². The normalized spacial score (nSPS) is 42.7. The van der Waals surface area contributed by atoms with E-state index < -0.39 is 0 Å². The molecule has 0 amide bonds. The number of fused-ring (bicyclic) bond motifs is 1. The molecule has 2 fully saturated rings. The summed E-state index contributed by atoms with van der Waals surface area (Å²) >= 11 is 0. The molecule has 2 atom stereocenters. The molecule has 51 valence electrons. The van der Waals surface area contributed by atoms with Crippen molar-refractivity contribution in [2.75, 3.05) is 6.61 Å². The summed E-state index contributed by atoms with van der Waals surface area (Å²) in [5.41, 5.74) is 4.06. The van der Waals surface area contributed by atoms with Crippen LogP contribution in [0.2, 0.25) is 0 Å². The Labute approximate surface area is 55.5 Å². The van der Waals surface area contributed by atoms with Gasteiger partial charge in [-0.05, 0) is 12.8 Å². The highest BCUT2D eigenvalue weighted by Gasteiger charge is 2.31. The van der Waals surface area contributed by atoms with Gasteiger partial charge in [-0.15, -0.1) is 0 Å². The number of hydrogen-bond acceptors (Lipinski definition) is 1. The summed E-state index contributed by atoms with van der Waals surface area (Å²) in [7, 11) is 0. The third-order valence-electron chi connectivity index (χ3n) is 2.37. The van der Waals surface area contributed by atoms with Crippen LogP contribution in [0.25, 0.3) is 0 Å². The molecule has 2 aliphatic rings. The van der Waals surface area contributed by atoms with Gasteiger partial charge in [0.25, 0.3) is 0 Å². The summed E-state index contributed by atoms with van der Waals surface area (Å²) < 4.78 is 0. The summed E-state index contributed by atoms with van der Waals surface area (Å²) in [5, 5.41) is 0. The van der Waals surface area contributed by atoms with Crippen LogP contribution in [0.4, 0.5) is 0 Å². The molecule has 0 bridgehead atoms. The molecule has 0 N–H and O–H groups in total. The van der Waals surface area contributed by atoms with Crippen LogP contribution in [0.5, 0.6) is 0 Å². The molecular weight excluding hydrogens is 114 g/mol.